The van der Waals surface area contributed by atoms with Crippen molar-refractivity contribution in [2.75, 3.05) is 7.11 Å². The van der Waals surface area contributed by atoms with Gasteiger partial charge in [-0.1, -0.05) is 20.8 Å². The maximum atomic E-state index is 6.29. The van der Waals surface area contributed by atoms with Crippen molar-refractivity contribution >= 4 is 30.9 Å². The Morgan fingerprint density at radius 2 is 1.83 bits per heavy atom. The molecule has 0 saturated heterocycles. The van der Waals surface area contributed by atoms with Crippen LogP contribution >= 0.6 is 22.6 Å². The summed E-state index contributed by atoms with van der Waals surface area (Å²) in [6.07, 6.45) is 0. The molecule has 0 aliphatic carbocycles. The van der Waals surface area contributed by atoms with Crippen LogP contribution in [0.1, 0.15) is 26.3 Å². The highest BCUT2D eigenvalue weighted by Crippen LogP contribution is 2.37. The first-order valence-corrected chi connectivity index (χ1v) is 10.1. The fourth-order valence-corrected chi connectivity index (χ4v) is 2.84. The monoisotopic (exact) mass is 378 g/mol. The lowest BCUT2D eigenvalue weighted by Gasteiger charge is -2.36. The first-order valence-electron chi connectivity index (χ1n) is 6.14. The second kappa shape index (κ2) is 5.92. The van der Waals surface area contributed by atoms with Crippen LogP contribution in [0.2, 0.25) is 18.1 Å². The third kappa shape index (κ3) is 3.96. The molecule has 0 fully saturated rings. The van der Waals surface area contributed by atoms with Gasteiger partial charge in [0.25, 0.3) is 0 Å². The molecule has 1 rings (SSSR count). The molecule has 4 heteroatoms. The highest BCUT2D eigenvalue weighted by molar-refractivity contribution is 14.1. The van der Waals surface area contributed by atoms with E-state index in [9.17, 15) is 0 Å². The van der Waals surface area contributed by atoms with Crippen LogP contribution in [0.15, 0.2) is 18.2 Å². The standard InChI is InChI=1S/C14H23IO2Si/c1-14(2,3)18(5,6)17-12-7-8-13(15)11(9-12)10-16-4/h7-9H,10H2,1-6H3. The molecule has 0 aromatic heterocycles. The first kappa shape index (κ1) is 16.0. The van der Waals surface area contributed by atoms with Gasteiger partial charge in [-0.2, -0.15) is 0 Å². The quantitative estimate of drug-likeness (QED) is 0.552. The fraction of sp³-hybridized carbons (Fsp3) is 0.571. The Morgan fingerprint density at radius 1 is 1.22 bits per heavy atom. The molecule has 1 aromatic rings. The van der Waals surface area contributed by atoms with E-state index in [4.69, 9.17) is 9.16 Å². The summed E-state index contributed by atoms with van der Waals surface area (Å²) in [7, 11) is -0.0326. The molecule has 102 valence electrons. The fourth-order valence-electron chi connectivity index (χ4n) is 1.33. The van der Waals surface area contributed by atoms with Crippen LogP contribution in [0.3, 0.4) is 0 Å². The predicted octanol–water partition coefficient (Wildman–Crippen LogP) is 4.82. The van der Waals surface area contributed by atoms with Crippen LogP contribution in [0, 0.1) is 3.57 Å². The Kier molecular flexibility index (Phi) is 5.26. The second-order valence-corrected chi connectivity index (χ2v) is 11.9. The van der Waals surface area contributed by atoms with E-state index in [1.165, 1.54) is 9.13 Å². The van der Waals surface area contributed by atoms with E-state index in [0.717, 1.165) is 5.75 Å². The summed E-state index contributed by atoms with van der Waals surface area (Å²) in [5, 5.41) is 0.220. The van der Waals surface area contributed by atoms with E-state index in [1.807, 2.05) is 0 Å². The number of ether oxygens (including phenoxy) is 1. The van der Waals surface area contributed by atoms with Gasteiger partial charge in [0.15, 0.2) is 0 Å². The molecule has 0 spiro atoms. The molecule has 0 aliphatic heterocycles. The van der Waals surface area contributed by atoms with Crippen molar-refractivity contribution < 1.29 is 9.16 Å². The van der Waals surface area contributed by atoms with Gasteiger partial charge < -0.3 is 9.16 Å². The van der Waals surface area contributed by atoms with E-state index >= 15 is 0 Å². The van der Waals surface area contributed by atoms with Crippen molar-refractivity contribution in [2.24, 2.45) is 0 Å². The molecule has 1 aromatic carbocycles. The second-order valence-electron chi connectivity index (χ2n) is 6.05. The van der Waals surface area contributed by atoms with E-state index in [0.29, 0.717) is 6.61 Å². The van der Waals surface area contributed by atoms with Gasteiger partial charge in [-0.25, -0.2) is 0 Å². The molecule has 0 aliphatic rings. The molecular weight excluding hydrogens is 355 g/mol. The number of benzene rings is 1. The summed E-state index contributed by atoms with van der Waals surface area (Å²) in [5.74, 6) is 0.967. The SMILES string of the molecule is COCc1cc(O[Si](C)(C)C(C)(C)C)ccc1I. The zero-order valence-corrected chi connectivity index (χ0v) is 15.3. The van der Waals surface area contributed by atoms with Crippen LogP contribution in [-0.4, -0.2) is 15.4 Å². The van der Waals surface area contributed by atoms with Crippen LogP contribution in [0.4, 0.5) is 0 Å². The van der Waals surface area contributed by atoms with Gasteiger partial charge in [0.05, 0.1) is 6.61 Å². The summed E-state index contributed by atoms with van der Waals surface area (Å²) in [5.41, 5.74) is 1.19. The number of hydrogen-bond donors (Lipinski definition) is 0. The van der Waals surface area contributed by atoms with Crippen molar-refractivity contribution in [3.8, 4) is 5.75 Å². The van der Waals surface area contributed by atoms with Gasteiger partial charge in [-0.15, -0.1) is 0 Å². The molecule has 0 radical (unpaired) electrons. The molecule has 0 amide bonds. The normalized spacial score (nSPS) is 12.6. The smallest absolute Gasteiger partial charge is 0.250 e. The highest BCUT2D eigenvalue weighted by atomic mass is 127. The van der Waals surface area contributed by atoms with Gasteiger partial charge in [-0.05, 0) is 64.5 Å². The minimum Gasteiger partial charge on any atom is -0.543 e. The molecule has 2 nitrogen and oxygen atoms in total. The van der Waals surface area contributed by atoms with Gasteiger partial charge >= 0.3 is 0 Å². The molecule has 0 N–H and O–H groups in total. The predicted molar refractivity (Wildman–Crippen MR) is 87.7 cm³/mol. The maximum Gasteiger partial charge on any atom is 0.250 e. The Labute approximate surface area is 125 Å². The summed E-state index contributed by atoms with van der Waals surface area (Å²) in [4.78, 5) is 0. The zero-order chi connectivity index (χ0) is 14.0. The molecule has 0 bridgehead atoms. The molecule has 0 saturated carbocycles. The zero-order valence-electron chi connectivity index (χ0n) is 12.1. The molecule has 0 unspecified atom stereocenters. The van der Waals surface area contributed by atoms with Crippen molar-refractivity contribution in [1.82, 2.24) is 0 Å². The molecule has 0 heterocycles. The summed E-state index contributed by atoms with van der Waals surface area (Å²) in [6, 6.07) is 6.25. The van der Waals surface area contributed by atoms with Crippen molar-refractivity contribution in [3.63, 3.8) is 0 Å². The number of hydrogen-bond acceptors (Lipinski definition) is 2. The van der Waals surface area contributed by atoms with Crippen LogP contribution in [0.25, 0.3) is 0 Å². The van der Waals surface area contributed by atoms with Gasteiger partial charge in [0.1, 0.15) is 5.75 Å². The first-order chi connectivity index (χ1) is 8.17. The Bertz CT molecular complexity index is 411. The third-order valence-electron chi connectivity index (χ3n) is 3.50. The average molecular weight is 378 g/mol. The lowest BCUT2D eigenvalue weighted by Crippen LogP contribution is -2.43. The Hall–Kier alpha value is -0.0731. The Morgan fingerprint density at radius 3 is 2.33 bits per heavy atom. The average Bonchev–Trinajstić information content (AvgIpc) is 2.21. The van der Waals surface area contributed by atoms with Crippen LogP contribution < -0.4 is 4.43 Å². The summed E-state index contributed by atoms with van der Waals surface area (Å²) >= 11 is 2.33. The van der Waals surface area contributed by atoms with E-state index in [1.54, 1.807) is 7.11 Å². The minimum absolute atomic E-state index is 0.220. The van der Waals surface area contributed by atoms with Crippen molar-refractivity contribution in [3.05, 3.63) is 27.3 Å². The minimum atomic E-state index is -1.75. The molecule has 0 atom stereocenters. The topological polar surface area (TPSA) is 18.5 Å². The van der Waals surface area contributed by atoms with Gasteiger partial charge in [0.2, 0.25) is 8.32 Å². The third-order valence-corrected chi connectivity index (χ3v) is 8.91. The number of methoxy groups -OCH3 is 1. The van der Waals surface area contributed by atoms with E-state index in [-0.39, 0.29) is 5.04 Å². The Balaban J connectivity index is 2.95. The molecule has 18 heavy (non-hydrogen) atoms. The highest BCUT2D eigenvalue weighted by Gasteiger charge is 2.38. The van der Waals surface area contributed by atoms with Crippen molar-refractivity contribution in [1.29, 1.82) is 0 Å². The van der Waals surface area contributed by atoms with E-state index < -0.39 is 8.32 Å². The maximum absolute atomic E-state index is 6.29. The molecular formula is C14H23IO2Si. The van der Waals surface area contributed by atoms with Crippen LogP contribution in [-0.2, 0) is 11.3 Å². The van der Waals surface area contributed by atoms with Crippen molar-refractivity contribution in [2.45, 2.75) is 45.5 Å². The number of halogens is 1. The summed E-state index contributed by atoms with van der Waals surface area (Å²) in [6.45, 7) is 11.9. The lowest BCUT2D eigenvalue weighted by molar-refractivity contribution is 0.184. The number of rotatable bonds is 4. The van der Waals surface area contributed by atoms with Crippen LogP contribution in [0.5, 0.6) is 5.75 Å². The van der Waals surface area contributed by atoms with Gasteiger partial charge in [-0.3, -0.25) is 0 Å². The lowest BCUT2D eigenvalue weighted by atomic mass is 10.2. The largest absolute Gasteiger partial charge is 0.543 e. The summed E-state index contributed by atoms with van der Waals surface area (Å²) < 4.78 is 12.7. The van der Waals surface area contributed by atoms with Gasteiger partial charge in [0, 0.05) is 10.7 Å². The van der Waals surface area contributed by atoms with E-state index in [2.05, 4.69) is 74.7 Å².